The molecule has 1 atom stereocenters. The summed E-state index contributed by atoms with van der Waals surface area (Å²) in [7, 11) is 0. The van der Waals surface area contributed by atoms with Crippen LogP contribution in [0.4, 0.5) is 0 Å². The lowest BCUT2D eigenvalue weighted by Gasteiger charge is -2.18. The molecule has 3 rings (SSSR count). The monoisotopic (exact) mass is 407 g/mol. The van der Waals surface area contributed by atoms with Gasteiger partial charge < -0.3 is 10.2 Å². The number of rotatable bonds is 7. The standard InChI is InChI=1S/C23H25N3O2S/c1-4-26(5-2)23(28)19-13-9-12-18(14-19)20-15-29-22(25-20)21(24-16(3)27)17-10-7-6-8-11-17/h6-15,21H,4-5H2,1-3H3,(H,24,27). The van der Waals surface area contributed by atoms with Crippen LogP contribution in [0, 0.1) is 0 Å². The Hall–Kier alpha value is -2.99. The summed E-state index contributed by atoms with van der Waals surface area (Å²) in [5, 5.41) is 5.76. The average molecular weight is 408 g/mol. The Morgan fingerprint density at radius 3 is 2.45 bits per heavy atom. The second-order valence-electron chi connectivity index (χ2n) is 6.67. The highest BCUT2D eigenvalue weighted by atomic mass is 32.1. The fourth-order valence-electron chi connectivity index (χ4n) is 3.19. The summed E-state index contributed by atoms with van der Waals surface area (Å²) in [6.45, 7) is 6.81. The van der Waals surface area contributed by atoms with Crippen LogP contribution in [0.3, 0.4) is 0 Å². The molecule has 0 aliphatic heterocycles. The van der Waals surface area contributed by atoms with Crippen LogP contribution in [0.5, 0.6) is 0 Å². The Labute approximate surface area is 175 Å². The van der Waals surface area contributed by atoms with Crippen molar-refractivity contribution in [2.75, 3.05) is 13.1 Å². The highest BCUT2D eigenvalue weighted by Gasteiger charge is 2.20. The van der Waals surface area contributed by atoms with E-state index in [0.29, 0.717) is 18.7 Å². The van der Waals surface area contributed by atoms with Gasteiger partial charge in [0.2, 0.25) is 5.91 Å². The topological polar surface area (TPSA) is 62.3 Å². The zero-order valence-electron chi connectivity index (χ0n) is 16.9. The molecule has 0 radical (unpaired) electrons. The second-order valence-corrected chi connectivity index (χ2v) is 7.56. The predicted octanol–water partition coefficient (Wildman–Crippen LogP) is 4.52. The first kappa shape index (κ1) is 20.7. The number of thiazole rings is 1. The molecule has 1 aromatic heterocycles. The normalized spacial score (nSPS) is 11.7. The molecule has 29 heavy (non-hydrogen) atoms. The van der Waals surface area contributed by atoms with E-state index in [2.05, 4.69) is 5.32 Å². The molecule has 0 fully saturated rings. The second kappa shape index (κ2) is 9.47. The van der Waals surface area contributed by atoms with Gasteiger partial charge in [-0.1, -0.05) is 42.5 Å². The van der Waals surface area contributed by atoms with Gasteiger partial charge >= 0.3 is 0 Å². The SMILES string of the molecule is CCN(CC)C(=O)c1cccc(-c2csc(C(NC(C)=O)c3ccccc3)n2)c1. The lowest BCUT2D eigenvalue weighted by atomic mass is 10.1. The van der Waals surface area contributed by atoms with E-state index in [4.69, 9.17) is 4.98 Å². The first-order valence-electron chi connectivity index (χ1n) is 9.70. The quantitative estimate of drug-likeness (QED) is 0.626. The molecule has 6 heteroatoms. The van der Waals surface area contributed by atoms with Crippen molar-refractivity contribution in [3.8, 4) is 11.3 Å². The van der Waals surface area contributed by atoms with Crippen LogP contribution in [0.2, 0.25) is 0 Å². The number of nitrogens with zero attached hydrogens (tertiary/aromatic N) is 2. The lowest BCUT2D eigenvalue weighted by molar-refractivity contribution is -0.119. The van der Waals surface area contributed by atoms with Crippen molar-refractivity contribution in [3.63, 3.8) is 0 Å². The molecule has 0 aliphatic carbocycles. The summed E-state index contributed by atoms with van der Waals surface area (Å²) in [4.78, 5) is 31.0. The van der Waals surface area contributed by atoms with Crippen molar-refractivity contribution in [3.05, 3.63) is 76.1 Å². The molecule has 0 bridgehead atoms. The van der Waals surface area contributed by atoms with Gasteiger partial charge in [0.25, 0.3) is 5.91 Å². The summed E-state index contributed by atoms with van der Waals surface area (Å²) in [6, 6.07) is 17.0. The number of aromatic nitrogens is 1. The Morgan fingerprint density at radius 2 is 1.79 bits per heavy atom. The van der Waals surface area contributed by atoms with Gasteiger partial charge in [-0.15, -0.1) is 11.3 Å². The van der Waals surface area contributed by atoms with E-state index in [9.17, 15) is 9.59 Å². The first-order chi connectivity index (χ1) is 14.0. The maximum atomic E-state index is 12.7. The Balaban J connectivity index is 1.92. The Kier molecular flexibility index (Phi) is 6.77. The lowest BCUT2D eigenvalue weighted by Crippen LogP contribution is -2.30. The van der Waals surface area contributed by atoms with Gasteiger partial charge in [-0.05, 0) is 31.5 Å². The van der Waals surface area contributed by atoms with Gasteiger partial charge in [0, 0.05) is 36.5 Å². The summed E-state index contributed by atoms with van der Waals surface area (Å²) in [5.41, 5.74) is 3.32. The minimum Gasteiger partial charge on any atom is -0.343 e. The van der Waals surface area contributed by atoms with Crippen molar-refractivity contribution >= 4 is 23.2 Å². The molecule has 0 saturated heterocycles. The smallest absolute Gasteiger partial charge is 0.253 e. The zero-order chi connectivity index (χ0) is 20.8. The number of amides is 2. The summed E-state index contributed by atoms with van der Waals surface area (Å²) in [5.74, 6) is -0.0878. The summed E-state index contributed by atoms with van der Waals surface area (Å²) >= 11 is 1.50. The molecule has 1 N–H and O–H groups in total. The summed E-state index contributed by atoms with van der Waals surface area (Å²) < 4.78 is 0. The van der Waals surface area contributed by atoms with Gasteiger partial charge in [0.05, 0.1) is 5.69 Å². The van der Waals surface area contributed by atoms with Crippen LogP contribution in [0.15, 0.2) is 60.0 Å². The van der Waals surface area contributed by atoms with E-state index in [1.54, 1.807) is 4.90 Å². The highest BCUT2D eigenvalue weighted by molar-refractivity contribution is 7.10. The highest BCUT2D eigenvalue weighted by Crippen LogP contribution is 2.29. The number of carbonyl (C=O) groups excluding carboxylic acids is 2. The average Bonchev–Trinajstić information content (AvgIpc) is 3.23. The van der Waals surface area contributed by atoms with E-state index in [1.165, 1.54) is 18.3 Å². The minimum atomic E-state index is -0.298. The van der Waals surface area contributed by atoms with E-state index in [1.807, 2.05) is 73.8 Å². The zero-order valence-corrected chi connectivity index (χ0v) is 17.7. The summed E-state index contributed by atoms with van der Waals surface area (Å²) in [6.07, 6.45) is 0. The first-order valence-corrected chi connectivity index (χ1v) is 10.6. The van der Waals surface area contributed by atoms with Gasteiger partial charge in [0.1, 0.15) is 11.0 Å². The molecule has 2 amide bonds. The van der Waals surface area contributed by atoms with Crippen molar-refractivity contribution in [2.45, 2.75) is 26.8 Å². The van der Waals surface area contributed by atoms with Crippen LogP contribution >= 0.6 is 11.3 Å². The predicted molar refractivity (Wildman–Crippen MR) is 117 cm³/mol. The van der Waals surface area contributed by atoms with Gasteiger partial charge in [-0.2, -0.15) is 0 Å². The molecule has 0 spiro atoms. The van der Waals surface area contributed by atoms with Crippen LogP contribution in [0.1, 0.15) is 47.7 Å². The maximum Gasteiger partial charge on any atom is 0.253 e. The number of carbonyl (C=O) groups is 2. The van der Waals surface area contributed by atoms with Crippen molar-refractivity contribution in [1.82, 2.24) is 15.2 Å². The van der Waals surface area contributed by atoms with Gasteiger partial charge in [0.15, 0.2) is 0 Å². The van der Waals surface area contributed by atoms with E-state index in [0.717, 1.165) is 21.8 Å². The van der Waals surface area contributed by atoms with Crippen LogP contribution in [0.25, 0.3) is 11.3 Å². The molecule has 1 unspecified atom stereocenters. The third-order valence-electron chi connectivity index (χ3n) is 4.71. The fourth-order valence-corrected chi connectivity index (χ4v) is 4.10. The minimum absolute atomic E-state index is 0.0210. The van der Waals surface area contributed by atoms with Crippen LogP contribution < -0.4 is 5.32 Å². The molecule has 3 aromatic rings. The third-order valence-corrected chi connectivity index (χ3v) is 5.61. The molecule has 0 saturated carbocycles. The van der Waals surface area contributed by atoms with E-state index in [-0.39, 0.29) is 17.9 Å². The third kappa shape index (κ3) is 4.90. The number of hydrogen-bond donors (Lipinski definition) is 1. The number of nitrogens with one attached hydrogen (secondary N) is 1. The van der Waals surface area contributed by atoms with Gasteiger partial charge in [-0.25, -0.2) is 4.98 Å². The molecule has 150 valence electrons. The largest absolute Gasteiger partial charge is 0.343 e. The van der Waals surface area contributed by atoms with E-state index >= 15 is 0 Å². The Morgan fingerprint density at radius 1 is 1.07 bits per heavy atom. The molecule has 1 heterocycles. The number of hydrogen-bond acceptors (Lipinski definition) is 4. The molecular formula is C23H25N3O2S. The Bertz CT molecular complexity index is 981. The van der Waals surface area contributed by atoms with Crippen molar-refractivity contribution in [1.29, 1.82) is 0 Å². The number of benzene rings is 2. The van der Waals surface area contributed by atoms with Crippen LogP contribution in [-0.2, 0) is 4.79 Å². The maximum absolute atomic E-state index is 12.7. The van der Waals surface area contributed by atoms with Crippen molar-refractivity contribution in [2.24, 2.45) is 0 Å². The fraction of sp³-hybridized carbons (Fsp3) is 0.261. The molecule has 2 aromatic carbocycles. The van der Waals surface area contributed by atoms with Gasteiger partial charge in [-0.3, -0.25) is 9.59 Å². The molecule has 0 aliphatic rings. The molecular weight excluding hydrogens is 382 g/mol. The van der Waals surface area contributed by atoms with E-state index < -0.39 is 0 Å². The van der Waals surface area contributed by atoms with Crippen molar-refractivity contribution < 1.29 is 9.59 Å². The van der Waals surface area contributed by atoms with Crippen LogP contribution in [-0.4, -0.2) is 34.8 Å². The molecule has 5 nitrogen and oxygen atoms in total.